The molecule has 0 radical (unpaired) electrons. The minimum Gasteiger partial charge on any atom is -0.318 e. The maximum atomic E-state index is 5.19. The number of hydrogen-bond donors (Lipinski definition) is 0. The van der Waals surface area contributed by atoms with Crippen LogP contribution in [-0.4, -0.2) is 14.5 Å². The van der Waals surface area contributed by atoms with Crippen molar-refractivity contribution in [2.45, 2.75) is 52.4 Å². The molecule has 46 heavy (non-hydrogen) atoms. The average molecular weight is 780 g/mol. The Kier molecular flexibility index (Phi) is 8.37. The first-order chi connectivity index (χ1) is 21.6. The number of fused-ring (bicyclic) bond motifs is 3. The second kappa shape index (κ2) is 12.1. The summed E-state index contributed by atoms with van der Waals surface area (Å²) in [7, 11) is 0. The molecule has 230 valence electrons. The number of nitrogens with zero attached hydrogens (tertiary/aromatic N) is 3. The van der Waals surface area contributed by atoms with Crippen LogP contribution >= 0.6 is 0 Å². The van der Waals surface area contributed by atoms with E-state index in [1.807, 2.05) is 24.5 Å². The molecule has 0 bridgehead atoms. The Morgan fingerprint density at radius 3 is 2.04 bits per heavy atom. The first-order valence-electron chi connectivity index (χ1n) is 15.5. The van der Waals surface area contributed by atoms with Crippen molar-refractivity contribution in [1.82, 2.24) is 14.5 Å². The topological polar surface area (TPSA) is 30.7 Å². The molecule has 0 fully saturated rings. The average Bonchev–Trinajstić information content (AvgIpc) is 3.38. The summed E-state index contributed by atoms with van der Waals surface area (Å²) in [6.45, 7) is 13.4. The summed E-state index contributed by atoms with van der Waals surface area (Å²) in [5.41, 5.74) is 10.6. The van der Waals surface area contributed by atoms with Gasteiger partial charge in [0, 0.05) is 17.4 Å². The molecular formula is C42H36AuN3. The van der Waals surface area contributed by atoms with Gasteiger partial charge in [0.15, 0.2) is 0 Å². The van der Waals surface area contributed by atoms with E-state index in [9.17, 15) is 0 Å². The third-order valence-electron chi connectivity index (χ3n) is 8.54. The van der Waals surface area contributed by atoms with Crippen LogP contribution in [-0.2, 0) is 33.2 Å². The maximum absolute atomic E-state index is 5.19. The van der Waals surface area contributed by atoms with E-state index in [0.717, 1.165) is 55.7 Å². The van der Waals surface area contributed by atoms with Gasteiger partial charge in [-0.05, 0) is 33.4 Å². The summed E-state index contributed by atoms with van der Waals surface area (Å²) in [6, 6.07) is 44.9. The quantitative estimate of drug-likeness (QED) is 0.132. The van der Waals surface area contributed by atoms with Crippen molar-refractivity contribution in [3.05, 3.63) is 139 Å². The molecule has 0 saturated heterocycles. The molecule has 3 nitrogen and oxygen atoms in total. The minimum absolute atomic E-state index is 0. The Bertz CT molecular complexity index is 2030. The van der Waals surface area contributed by atoms with E-state index in [0.29, 0.717) is 0 Å². The SMILES string of the molecule is CC(C)(C)c1c[c-]c(-c2[c-]c(-c3cncc(-n4c5[c-]cccc5c5ccccc54)n3)cc(-c3ccc(C(C)(C)C)cc3)c2)cc1.[Au+3]. The molecule has 0 N–H and O–H groups in total. The molecule has 2 heterocycles. The number of benzene rings is 5. The summed E-state index contributed by atoms with van der Waals surface area (Å²) in [5, 5.41) is 2.31. The van der Waals surface area contributed by atoms with Crippen molar-refractivity contribution in [1.29, 1.82) is 0 Å². The molecule has 7 rings (SSSR count). The number of hydrogen-bond acceptors (Lipinski definition) is 2. The van der Waals surface area contributed by atoms with Crippen molar-refractivity contribution in [3.8, 4) is 39.3 Å². The molecule has 5 aromatic carbocycles. The Balaban J connectivity index is 0.00000372. The van der Waals surface area contributed by atoms with Crippen molar-refractivity contribution in [3.63, 3.8) is 0 Å². The Labute approximate surface area is 287 Å². The van der Waals surface area contributed by atoms with Gasteiger partial charge < -0.3 is 4.57 Å². The van der Waals surface area contributed by atoms with E-state index >= 15 is 0 Å². The second-order valence-electron chi connectivity index (χ2n) is 13.8. The van der Waals surface area contributed by atoms with Gasteiger partial charge in [-0.25, -0.2) is 5.56 Å². The van der Waals surface area contributed by atoms with E-state index < -0.39 is 0 Å². The van der Waals surface area contributed by atoms with Crippen LogP contribution in [0.3, 0.4) is 0 Å². The van der Waals surface area contributed by atoms with E-state index in [4.69, 9.17) is 4.98 Å². The molecular weight excluding hydrogens is 743 g/mol. The zero-order valence-electron chi connectivity index (χ0n) is 27.0. The normalized spacial score (nSPS) is 12.0. The third-order valence-corrected chi connectivity index (χ3v) is 8.54. The van der Waals surface area contributed by atoms with Crippen molar-refractivity contribution >= 4 is 21.8 Å². The molecule has 0 unspecified atom stereocenters. The zero-order valence-corrected chi connectivity index (χ0v) is 29.2. The minimum atomic E-state index is 0. The fraction of sp³-hybridized carbons (Fsp3) is 0.190. The fourth-order valence-corrected chi connectivity index (χ4v) is 5.92. The van der Waals surface area contributed by atoms with E-state index in [-0.39, 0.29) is 33.2 Å². The fourth-order valence-electron chi connectivity index (χ4n) is 5.92. The van der Waals surface area contributed by atoms with E-state index in [1.54, 1.807) is 0 Å². The number of aromatic nitrogens is 3. The number of rotatable bonds is 4. The predicted octanol–water partition coefficient (Wildman–Crippen LogP) is 10.6. The summed E-state index contributed by atoms with van der Waals surface area (Å²) >= 11 is 0. The molecule has 2 aromatic heterocycles. The number of para-hydroxylation sites is 2. The summed E-state index contributed by atoms with van der Waals surface area (Å²) in [6.07, 6.45) is 3.65. The van der Waals surface area contributed by atoms with Crippen molar-refractivity contribution in [2.75, 3.05) is 0 Å². The molecule has 0 aliphatic heterocycles. The van der Waals surface area contributed by atoms with Gasteiger partial charge in [-0.15, -0.1) is 28.6 Å². The Morgan fingerprint density at radius 1 is 0.630 bits per heavy atom. The summed E-state index contributed by atoms with van der Waals surface area (Å²) in [4.78, 5) is 9.87. The van der Waals surface area contributed by atoms with E-state index in [2.05, 4.69) is 154 Å². The van der Waals surface area contributed by atoms with Gasteiger partial charge in [0.25, 0.3) is 0 Å². The van der Waals surface area contributed by atoms with Crippen LogP contribution in [0.4, 0.5) is 0 Å². The van der Waals surface area contributed by atoms with Crippen LogP contribution in [0.2, 0.25) is 0 Å². The van der Waals surface area contributed by atoms with Gasteiger partial charge in [-0.1, -0.05) is 95.1 Å². The predicted molar refractivity (Wildman–Crippen MR) is 187 cm³/mol. The zero-order chi connectivity index (χ0) is 31.3. The first-order valence-corrected chi connectivity index (χ1v) is 15.5. The molecule has 4 heteroatoms. The molecule has 0 aliphatic rings. The van der Waals surface area contributed by atoms with Gasteiger partial charge in [0.2, 0.25) is 0 Å². The molecule has 0 saturated carbocycles. The van der Waals surface area contributed by atoms with Gasteiger partial charge in [0.1, 0.15) is 5.82 Å². The standard InChI is InChI=1S/C42H36N3.Au/c1-41(2,3)33-19-15-28(16-20-33)30-23-31(29-17-21-34(22-18-29)42(4,5)6)25-32(24-30)37-26-43-27-40(44-37)45-38-13-9-7-11-35(38)36-12-8-10-14-39(36)45;/h7-13,15-17,19-24,26-27H,1-6H3;/q-3;+3. The van der Waals surface area contributed by atoms with Crippen LogP contribution in [0.5, 0.6) is 0 Å². The van der Waals surface area contributed by atoms with E-state index in [1.165, 1.54) is 16.5 Å². The Hall–Kier alpha value is -4.28. The summed E-state index contributed by atoms with van der Waals surface area (Å²) in [5.74, 6) is 0.747. The molecule has 0 amide bonds. The van der Waals surface area contributed by atoms with Crippen molar-refractivity contribution < 1.29 is 22.4 Å². The monoisotopic (exact) mass is 779 g/mol. The molecule has 7 aromatic rings. The van der Waals surface area contributed by atoms with Gasteiger partial charge in [-0.2, -0.15) is 60.2 Å². The summed E-state index contributed by atoms with van der Waals surface area (Å²) < 4.78 is 2.15. The van der Waals surface area contributed by atoms with Gasteiger partial charge >= 0.3 is 22.4 Å². The molecule has 0 aliphatic carbocycles. The van der Waals surface area contributed by atoms with Crippen molar-refractivity contribution in [2.24, 2.45) is 0 Å². The van der Waals surface area contributed by atoms with Crippen LogP contribution in [0.25, 0.3) is 61.1 Å². The molecule has 0 atom stereocenters. The maximum Gasteiger partial charge on any atom is 3.00 e. The largest absolute Gasteiger partial charge is 3.00 e. The van der Waals surface area contributed by atoms with Crippen LogP contribution in [0, 0.1) is 18.2 Å². The van der Waals surface area contributed by atoms with Crippen LogP contribution in [0.1, 0.15) is 52.7 Å². The Morgan fingerprint density at radius 2 is 1.33 bits per heavy atom. The van der Waals surface area contributed by atoms with Gasteiger partial charge in [0.05, 0.1) is 6.20 Å². The second-order valence-corrected chi connectivity index (χ2v) is 13.8. The van der Waals surface area contributed by atoms with Gasteiger partial charge in [-0.3, -0.25) is 9.97 Å². The molecule has 0 spiro atoms. The van der Waals surface area contributed by atoms with Crippen LogP contribution in [0.15, 0.2) is 109 Å². The third kappa shape index (κ3) is 5.99. The smallest absolute Gasteiger partial charge is 0.318 e. The first kappa shape index (κ1) is 31.7. The van der Waals surface area contributed by atoms with Crippen LogP contribution < -0.4 is 0 Å².